The molecule has 1 aromatic carbocycles. The fraction of sp³-hybridized carbons (Fsp3) is 0.438. The minimum Gasteiger partial charge on any atom is -0.481 e. The van der Waals surface area contributed by atoms with Gasteiger partial charge in [-0.05, 0) is 31.5 Å². The van der Waals surface area contributed by atoms with Gasteiger partial charge in [-0.15, -0.1) is 0 Å². The van der Waals surface area contributed by atoms with E-state index in [1.165, 1.54) is 12.1 Å². The number of benzene rings is 1. The molecule has 1 rings (SSSR count). The molecule has 1 aromatic rings. The molecular formula is C16H21ClN2O4. The topological polar surface area (TPSA) is 95.5 Å². The number of rotatable bonds is 7. The predicted octanol–water partition coefficient (Wildman–Crippen LogP) is 2.92. The van der Waals surface area contributed by atoms with Crippen LogP contribution in [0.3, 0.4) is 0 Å². The predicted molar refractivity (Wildman–Crippen MR) is 88.7 cm³/mol. The number of carbonyl (C=O) groups excluding carboxylic acids is 2. The second-order valence-corrected chi connectivity index (χ2v) is 6.05. The van der Waals surface area contributed by atoms with Crippen LogP contribution in [0, 0.1) is 5.92 Å². The highest BCUT2D eigenvalue weighted by atomic mass is 35.5. The second-order valence-electron chi connectivity index (χ2n) is 5.65. The third-order valence-corrected chi connectivity index (χ3v) is 3.50. The number of amides is 2. The van der Waals surface area contributed by atoms with Gasteiger partial charge in [0.25, 0.3) is 5.91 Å². The Kier molecular flexibility index (Phi) is 7.03. The SMILES string of the molecule is CC(CCC(=O)O)NC(=O)c1cc(NC(=O)C(C)C)ccc1Cl. The smallest absolute Gasteiger partial charge is 0.303 e. The fourth-order valence-electron chi connectivity index (χ4n) is 1.78. The monoisotopic (exact) mass is 340 g/mol. The normalized spacial score (nSPS) is 11.9. The van der Waals surface area contributed by atoms with E-state index in [-0.39, 0.29) is 34.9 Å². The number of hydrogen-bond acceptors (Lipinski definition) is 3. The van der Waals surface area contributed by atoms with Crippen LogP contribution in [0.15, 0.2) is 18.2 Å². The van der Waals surface area contributed by atoms with E-state index in [2.05, 4.69) is 10.6 Å². The summed E-state index contributed by atoms with van der Waals surface area (Å²) in [6.45, 7) is 5.26. The molecule has 1 atom stereocenters. The molecule has 0 saturated heterocycles. The molecule has 0 saturated carbocycles. The molecule has 0 aliphatic heterocycles. The number of aliphatic carboxylic acids is 1. The van der Waals surface area contributed by atoms with Gasteiger partial charge in [0, 0.05) is 24.1 Å². The van der Waals surface area contributed by atoms with Crippen molar-refractivity contribution >= 4 is 35.1 Å². The summed E-state index contributed by atoms with van der Waals surface area (Å²) in [5, 5.41) is 14.3. The first-order valence-corrected chi connectivity index (χ1v) is 7.71. The van der Waals surface area contributed by atoms with E-state index in [0.29, 0.717) is 12.1 Å². The average Bonchev–Trinajstić information content (AvgIpc) is 2.46. The van der Waals surface area contributed by atoms with Gasteiger partial charge < -0.3 is 15.7 Å². The van der Waals surface area contributed by atoms with E-state index in [1.54, 1.807) is 26.8 Å². The minimum atomic E-state index is -0.914. The summed E-state index contributed by atoms with van der Waals surface area (Å²) < 4.78 is 0. The Labute approximate surface area is 140 Å². The number of carbonyl (C=O) groups is 3. The molecule has 0 spiro atoms. The molecule has 3 N–H and O–H groups in total. The second kappa shape index (κ2) is 8.53. The van der Waals surface area contributed by atoms with E-state index in [0.717, 1.165) is 0 Å². The zero-order valence-electron chi connectivity index (χ0n) is 13.4. The van der Waals surface area contributed by atoms with Gasteiger partial charge in [0.15, 0.2) is 0 Å². The molecular weight excluding hydrogens is 320 g/mol. The highest BCUT2D eigenvalue weighted by molar-refractivity contribution is 6.34. The summed E-state index contributed by atoms with van der Waals surface area (Å²) in [5.74, 6) is -1.66. The van der Waals surface area contributed by atoms with Gasteiger partial charge in [-0.25, -0.2) is 0 Å². The number of nitrogens with one attached hydrogen (secondary N) is 2. The molecule has 0 bridgehead atoms. The lowest BCUT2D eigenvalue weighted by Crippen LogP contribution is -2.33. The van der Waals surface area contributed by atoms with Crippen LogP contribution in [0.4, 0.5) is 5.69 Å². The summed E-state index contributed by atoms with van der Waals surface area (Å²) in [6, 6.07) is 4.35. The van der Waals surface area contributed by atoms with Gasteiger partial charge in [0.05, 0.1) is 10.6 Å². The van der Waals surface area contributed by atoms with Crippen LogP contribution in [-0.4, -0.2) is 28.9 Å². The fourth-order valence-corrected chi connectivity index (χ4v) is 1.98. The summed E-state index contributed by atoms with van der Waals surface area (Å²) in [5.41, 5.74) is 0.715. The Morgan fingerprint density at radius 2 is 1.87 bits per heavy atom. The molecule has 1 unspecified atom stereocenters. The number of carboxylic acid groups (broad SMARTS) is 1. The van der Waals surface area contributed by atoms with Gasteiger partial charge in [-0.1, -0.05) is 25.4 Å². The molecule has 126 valence electrons. The van der Waals surface area contributed by atoms with Gasteiger partial charge in [0.1, 0.15) is 0 Å². The molecule has 0 aliphatic carbocycles. The third-order valence-electron chi connectivity index (χ3n) is 3.17. The Morgan fingerprint density at radius 3 is 2.43 bits per heavy atom. The van der Waals surface area contributed by atoms with E-state index >= 15 is 0 Å². The van der Waals surface area contributed by atoms with E-state index < -0.39 is 11.9 Å². The van der Waals surface area contributed by atoms with Crippen LogP contribution < -0.4 is 10.6 Å². The van der Waals surface area contributed by atoms with Crippen molar-refractivity contribution in [3.63, 3.8) is 0 Å². The maximum absolute atomic E-state index is 12.2. The zero-order valence-corrected chi connectivity index (χ0v) is 14.1. The van der Waals surface area contributed by atoms with Crippen molar-refractivity contribution in [1.82, 2.24) is 5.32 Å². The van der Waals surface area contributed by atoms with Crippen LogP contribution in [-0.2, 0) is 9.59 Å². The van der Waals surface area contributed by atoms with Crippen molar-refractivity contribution in [3.8, 4) is 0 Å². The Hall–Kier alpha value is -2.08. The quantitative estimate of drug-likeness (QED) is 0.711. The van der Waals surface area contributed by atoms with Crippen LogP contribution in [0.5, 0.6) is 0 Å². The first-order valence-electron chi connectivity index (χ1n) is 7.33. The lowest BCUT2D eigenvalue weighted by Gasteiger charge is -2.15. The van der Waals surface area contributed by atoms with Crippen molar-refractivity contribution in [2.75, 3.05) is 5.32 Å². The highest BCUT2D eigenvalue weighted by Crippen LogP contribution is 2.21. The van der Waals surface area contributed by atoms with Crippen LogP contribution in [0.25, 0.3) is 0 Å². The van der Waals surface area contributed by atoms with Gasteiger partial charge in [-0.2, -0.15) is 0 Å². The van der Waals surface area contributed by atoms with E-state index in [1.807, 2.05) is 0 Å². The standard InChI is InChI=1S/C16H21ClN2O4/c1-9(2)15(22)19-11-5-6-13(17)12(8-11)16(23)18-10(3)4-7-14(20)21/h5-6,8-10H,4,7H2,1-3H3,(H,18,23)(H,19,22)(H,20,21). The van der Waals surface area contributed by atoms with E-state index in [4.69, 9.17) is 16.7 Å². The van der Waals surface area contributed by atoms with Crippen LogP contribution >= 0.6 is 11.6 Å². The molecule has 7 heteroatoms. The maximum atomic E-state index is 12.2. The molecule has 0 radical (unpaired) electrons. The number of halogens is 1. The van der Waals surface area contributed by atoms with Crippen molar-refractivity contribution < 1.29 is 19.5 Å². The lowest BCUT2D eigenvalue weighted by molar-refractivity contribution is -0.137. The molecule has 6 nitrogen and oxygen atoms in total. The number of hydrogen-bond donors (Lipinski definition) is 3. The largest absolute Gasteiger partial charge is 0.481 e. The molecule has 0 fully saturated rings. The highest BCUT2D eigenvalue weighted by Gasteiger charge is 2.16. The van der Waals surface area contributed by atoms with Crippen LogP contribution in [0.1, 0.15) is 44.0 Å². The first kappa shape index (κ1) is 19.0. The molecule has 0 heterocycles. The van der Waals surface area contributed by atoms with Gasteiger partial charge in [-0.3, -0.25) is 14.4 Å². The minimum absolute atomic E-state index is 0.0281. The Bertz CT molecular complexity index is 602. The average molecular weight is 341 g/mol. The molecule has 0 aliphatic rings. The lowest BCUT2D eigenvalue weighted by atomic mass is 10.1. The van der Waals surface area contributed by atoms with Crippen LogP contribution in [0.2, 0.25) is 5.02 Å². The summed E-state index contributed by atoms with van der Waals surface area (Å²) in [4.78, 5) is 34.5. The van der Waals surface area contributed by atoms with Gasteiger partial charge >= 0.3 is 5.97 Å². The van der Waals surface area contributed by atoms with Crippen molar-refractivity contribution in [3.05, 3.63) is 28.8 Å². The summed E-state index contributed by atoms with van der Waals surface area (Å²) in [7, 11) is 0. The summed E-state index contributed by atoms with van der Waals surface area (Å²) >= 11 is 6.03. The number of carboxylic acids is 1. The summed E-state index contributed by atoms with van der Waals surface area (Å²) in [6.07, 6.45) is 0.294. The Balaban J connectivity index is 2.79. The third kappa shape index (κ3) is 6.28. The zero-order chi connectivity index (χ0) is 17.6. The maximum Gasteiger partial charge on any atom is 0.303 e. The first-order chi connectivity index (χ1) is 10.7. The molecule has 2 amide bonds. The number of anilines is 1. The molecule has 23 heavy (non-hydrogen) atoms. The Morgan fingerprint density at radius 1 is 1.22 bits per heavy atom. The van der Waals surface area contributed by atoms with Crippen molar-refractivity contribution in [1.29, 1.82) is 0 Å². The van der Waals surface area contributed by atoms with Crippen molar-refractivity contribution in [2.45, 2.75) is 39.7 Å². The molecule has 0 aromatic heterocycles. The van der Waals surface area contributed by atoms with Gasteiger partial charge in [0.2, 0.25) is 5.91 Å². The van der Waals surface area contributed by atoms with E-state index in [9.17, 15) is 14.4 Å². The van der Waals surface area contributed by atoms with Crippen molar-refractivity contribution in [2.24, 2.45) is 5.92 Å².